The Balaban J connectivity index is 1.62. The standard InChI is InChI=1S/C31H30ClN7O3/c1-4-41-29-15-25-23(14-26(29)38-30(40)8-6-12-39(2)3)31(21(17-34)18-36-25)37-22-9-10-28(24(32)13-22)42-19-27-20(16-33)7-5-11-35-27/h5,7,9-11,13-15,18H,4,6,8,12,19H2,1-3H3,(H,36,37)(H,38,40). The second-order valence-corrected chi connectivity index (χ2v) is 9.99. The van der Waals surface area contributed by atoms with E-state index in [9.17, 15) is 15.3 Å². The number of rotatable bonds is 12. The highest BCUT2D eigenvalue weighted by molar-refractivity contribution is 6.32. The highest BCUT2D eigenvalue weighted by atomic mass is 35.5. The molecule has 0 aliphatic carbocycles. The first-order valence-corrected chi connectivity index (χ1v) is 13.7. The first-order chi connectivity index (χ1) is 20.3. The number of nitrogens with one attached hydrogen (secondary N) is 2. The van der Waals surface area contributed by atoms with E-state index in [-0.39, 0.29) is 12.5 Å². The summed E-state index contributed by atoms with van der Waals surface area (Å²) in [5.41, 5.74) is 3.43. The monoisotopic (exact) mass is 583 g/mol. The zero-order valence-corrected chi connectivity index (χ0v) is 24.3. The summed E-state index contributed by atoms with van der Waals surface area (Å²) in [6.45, 7) is 3.14. The number of nitriles is 2. The van der Waals surface area contributed by atoms with Crippen LogP contribution < -0.4 is 20.1 Å². The summed E-state index contributed by atoms with van der Waals surface area (Å²) in [6, 6.07) is 16.3. The second-order valence-electron chi connectivity index (χ2n) is 9.58. The van der Waals surface area contributed by atoms with Crippen molar-refractivity contribution in [1.29, 1.82) is 10.5 Å². The maximum absolute atomic E-state index is 12.7. The average Bonchev–Trinajstić information content (AvgIpc) is 2.97. The molecule has 0 saturated heterocycles. The SMILES string of the molecule is CCOc1cc2ncc(C#N)c(Nc3ccc(OCc4ncccc4C#N)c(Cl)c3)c2cc1NC(=O)CCCN(C)C. The Morgan fingerprint density at radius 1 is 1.05 bits per heavy atom. The van der Waals surface area contributed by atoms with Gasteiger partial charge in [-0.05, 0) is 70.4 Å². The number of fused-ring (bicyclic) bond motifs is 1. The molecule has 0 bridgehead atoms. The molecule has 1 amide bonds. The maximum atomic E-state index is 12.7. The van der Waals surface area contributed by atoms with Crippen LogP contribution in [0.25, 0.3) is 10.9 Å². The van der Waals surface area contributed by atoms with Crippen LogP contribution in [-0.4, -0.2) is 48.0 Å². The summed E-state index contributed by atoms with van der Waals surface area (Å²) < 4.78 is 11.6. The predicted octanol–water partition coefficient (Wildman–Crippen LogP) is 6.03. The van der Waals surface area contributed by atoms with Gasteiger partial charge in [0.1, 0.15) is 30.2 Å². The van der Waals surface area contributed by atoms with Crippen molar-refractivity contribution >= 4 is 45.5 Å². The molecule has 10 nitrogen and oxygen atoms in total. The normalized spacial score (nSPS) is 10.6. The molecule has 0 unspecified atom stereocenters. The highest BCUT2D eigenvalue weighted by Gasteiger charge is 2.16. The number of carbonyl (C=O) groups is 1. The lowest BCUT2D eigenvalue weighted by Gasteiger charge is -2.17. The molecule has 0 spiro atoms. The van der Waals surface area contributed by atoms with Gasteiger partial charge in [-0.15, -0.1) is 0 Å². The average molecular weight is 584 g/mol. The molecule has 42 heavy (non-hydrogen) atoms. The van der Waals surface area contributed by atoms with Gasteiger partial charge < -0.3 is 25.0 Å². The number of amides is 1. The third-order valence-electron chi connectivity index (χ3n) is 6.25. The number of hydrogen-bond acceptors (Lipinski definition) is 9. The Labute approximate surface area is 249 Å². The Kier molecular flexibility index (Phi) is 10.1. The van der Waals surface area contributed by atoms with Crippen molar-refractivity contribution in [1.82, 2.24) is 14.9 Å². The zero-order valence-electron chi connectivity index (χ0n) is 23.6. The van der Waals surface area contributed by atoms with Gasteiger partial charge in [-0.1, -0.05) is 11.6 Å². The number of anilines is 3. The van der Waals surface area contributed by atoms with Crippen molar-refractivity contribution in [2.75, 3.05) is 37.9 Å². The van der Waals surface area contributed by atoms with E-state index in [0.29, 0.717) is 80.8 Å². The van der Waals surface area contributed by atoms with Crippen LogP contribution in [0.5, 0.6) is 11.5 Å². The molecule has 214 valence electrons. The van der Waals surface area contributed by atoms with Gasteiger partial charge in [-0.25, -0.2) is 0 Å². The van der Waals surface area contributed by atoms with Crippen LogP contribution >= 0.6 is 11.6 Å². The second kappa shape index (κ2) is 14.1. The lowest BCUT2D eigenvalue weighted by Crippen LogP contribution is -2.17. The van der Waals surface area contributed by atoms with Crippen molar-refractivity contribution in [3.05, 3.63) is 76.7 Å². The molecular weight excluding hydrogens is 554 g/mol. The molecule has 2 aromatic heterocycles. The highest BCUT2D eigenvalue weighted by Crippen LogP contribution is 2.37. The molecule has 0 saturated carbocycles. The van der Waals surface area contributed by atoms with Crippen LogP contribution in [0.4, 0.5) is 17.1 Å². The molecule has 2 N–H and O–H groups in total. The third-order valence-corrected chi connectivity index (χ3v) is 6.54. The number of pyridine rings is 2. The Morgan fingerprint density at radius 2 is 1.86 bits per heavy atom. The van der Waals surface area contributed by atoms with Crippen LogP contribution in [0.15, 0.2) is 54.9 Å². The van der Waals surface area contributed by atoms with Crippen molar-refractivity contribution < 1.29 is 14.3 Å². The van der Waals surface area contributed by atoms with E-state index in [0.717, 1.165) is 6.54 Å². The Morgan fingerprint density at radius 3 is 2.57 bits per heavy atom. The Bertz CT molecular complexity index is 1680. The zero-order chi connectivity index (χ0) is 30.1. The fourth-order valence-electron chi connectivity index (χ4n) is 4.22. The molecule has 0 aliphatic heterocycles. The molecule has 0 fully saturated rings. The van der Waals surface area contributed by atoms with E-state index >= 15 is 0 Å². The van der Waals surface area contributed by atoms with E-state index < -0.39 is 0 Å². The molecule has 11 heteroatoms. The summed E-state index contributed by atoms with van der Waals surface area (Å²) >= 11 is 6.53. The number of benzene rings is 2. The molecule has 0 radical (unpaired) electrons. The van der Waals surface area contributed by atoms with Gasteiger partial charge in [0, 0.05) is 36.0 Å². The van der Waals surface area contributed by atoms with Crippen molar-refractivity contribution in [3.8, 4) is 23.6 Å². The first kappa shape index (κ1) is 30.1. The van der Waals surface area contributed by atoms with Gasteiger partial charge in [0.15, 0.2) is 0 Å². The quantitative estimate of drug-likeness (QED) is 0.205. The summed E-state index contributed by atoms with van der Waals surface area (Å²) in [5.74, 6) is 0.773. The summed E-state index contributed by atoms with van der Waals surface area (Å²) in [5, 5.41) is 26.3. The van der Waals surface area contributed by atoms with Crippen LogP contribution in [0.3, 0.4) is 0 Å². The van der Waals surface area contributed by atoms with Crippen LogP contribution in [0.1, 0.15) is 36.6 Å². The molecule has 0 atom stereocenters. The van der Waals surface area contributed by atoms with Crippen molar-refractivity contribution in [2.45, 2.75) is 26.4 Å². The fourth-order valence-corrected chi connectivity index (χ4v) is 4.46. The maximum Gasteiger partial charge on any atom is 0.224 e. The number of carbonyl (C=O) groups excluding carboxylic acids is 1. The van der Waals surface area contributed by atoms with Crippen LogP contribution in [0, 0.1) is 22.7 Å². The number of ether oxygens (including phenoxy) is 2. The summed E-state index contributed by atoms with van der Waals surface area (Å²) in [6.07, 6.45) is 4.15. The van der Waals surface area contributed by atoms with Gasteiger partial charge >= 0.3 is 0 Å². The minimum absolute atomic E-state index is 0.0790. The minimum atomic E-state index is -0.133. The van der Waals surface area contributed by atoms with E-state index in [1.807, 2.05) is 25.9 Å². The minimum Gasteiger partial charge on any atom is -0.492 e. The summed E-state index contributed by atoms with van der Waals surface area (Å²) in [4.78, 5) is 23.4. The van der Waals surface area contributed by atoms with Gasteiger partial charge in [0.25, 0.3) is 0 Å². The first-order valence-electron chi connectivity index (χ1n) is 13.3. The van der Waals surface area contributed by atoms with E-state index in [2.05, 4.69) is 32.7 Å². The van der Waals surface area contributed by atoms with E-state index in [1.165, 1.54) is 6.20 Å². The lowest BCUT2D eigenvalue weighted by atomic mass is 10.1. The number of nitrogens with zero attached hydrogens (tertiary/aromatic N) is 5. The molecule has 4 aromatic rings. The number of hydrogen-bond donors (Lipinski definition) is 2. The number of halogens is 1. The van der Waals surface area contributed by atoms with E-state index in [4.69, 9.17) is 21.1 Å². The third kappa shape index (κ3) is 7.43. The van der Waals surface area contributed by atoms with Gasteiger partial charge in [-0.2, -0.15) is 10.5 Å². The molecule has 0 aliphatic rings. The predicted molar refractivity (Wildman–Crippen MR) is 162 cm³/mol. The molecular formula is C31H30ClN7O3. The van der Waals surface area contributed by atoms with Crippen LogP contribution in [-0.2, 0) is 11.4 Å². The molecule has 2 aromatic carbocycles. The topological polar surface area (TPSA) is 136 Å². The van der Waals surface area contributed by atoms with E-state index in [1.54, 1.807) is 48.7 Å². The number of aromatic nitrogens is 2. The van der Waals surface area contributed by atoms with Gasteiger partial charge in [0.05, 0.1) is 45.3 Å². The lowest BCUT2D eigenvalue weighted by molar-refractivity contribution is -0.116. The smallest absolute Gasteiger partial charge is 0.224 e. The van der Waals surface area contributed by atoms with Gasteiger partial charge in [-0.3, -0.25) is 14.8 Å². The molecule has 2 heterocycles. The fraction of sp³-hybridized carbons (Fsp3) is 0.258. The largest absolute Gasteiger partial charge is 0.492 e. The van der Waals surface area contributed by atoms with Crippen molar-refractivity contribution in [3.63, 3.8) is 0 Å². The summed E-state index contributed by atoms with van der Waals surface area (Å²) in [7, 11) is 3.92. The molecule has 4 rings (SSSR count). The Hall–Kier alpha value is -4.90. The van der Waals surface area contributed by atoms with Crippen molar-refractivity contribution in [2.24, 2.45) is 0 Å². The van der Waals surface area contributed by atoms with Gasteiger partial charge in [0.2, 0.25) is 5.91 Å². The van der Waals surface area contributed by atoms with Crippen LogP contribution in [0.2, 0.25) is 5.02 Å².